The van der Waals surface area contributed by atoms with Crippen molar-refractivity contribution in [1.82, 2.24) is 0 Å². The van der Waals surface area contributed by atoms with Crippen LogP contribution in [0.15, 0.2) is 0 Å². The van der Waals surface area contributed by atoms with E-state index < -0.39 is 5.60 Å². The van der Waals surface area contributed by atoms with Gasteiger partial charge >= 0.3 is 0 Å². The number of fused-ring (bicyclic) bond motifs is 1. The van der Waals surface area contributed by atoms with Crippen LogP contribution in [0.5, 0.6) is 0 Å². The van der Waals surface area contributed by atoms with E-state index in [1.807, 2.05) is 0 Å². The van der Waals surface area contributed by atoms with Crippen molar-refractivity contribution in [3.05, 3.63) is 0 Å². The van der Waals surface area contributed by atoms with Crippen molar-refractivity contribution in [3.63, 3.8) is 0 Å². The highest BCUT2D eigenvalue weighted by atomic mass is 16.3. The predicted octanol–water partition coefficient (Wildman–Crippen LogP) is 3.51. The van der Waals surface area contributed by atoms with Gasteiger partial charge in [0.1, 0.15) is 5.60 Å². The molecule has 3 fully saturated rings. The average Bonchev–Trinajstić information content (AvgIpc) is 3.03. The monoisotopic (exact) mass is 290 g/mol. The van der Waals surface area contributed by atoms with E-state index in [9.17, 15) is 10.2 Å². The molecule has 4 atom stereocenters. The van der Waals surface area contributed by atoms with Gasteiger partial charge in [0.25, 0.3) is 0 Å². The molecule has 0 aliphatic heterocycles. The fraction of sp³-hybridized carbons (Fsp3) is 0.895. The molecule has 2 unspecified atom stereocenters. The van der Waals surface area contributed by atoms with Crippen molar-refractivity contribution in [2.75, 3.05) is 0 Å². The molecule has 118 valence electrons. The van der Waals surface area contributed by atoms with E-state index in [1.165, 1.54) is 38.5 Å². The lowest BCUT2D eigenvalue weighted by atomic mass is 9.60. The van der Waals surface area contributed by atoms with Crippen LogP contribution in [-0.2, 0) is 0 Å². The maximum atomic E-state index is 10.4. The summed E-state index contributed by atoms with van der Waals surface area (Å²) in [6, 6.07) is 0. The summed E-state index contributed by atoms with van der Waals surface area (Å²) in [5, 5.41) is 20.1. The van der Waals surface area contributed by atoms with Gasteiger partial charge in [-0.25, -0.2) is 0 Å². The first kappa shape index (κ1) is 15.4. The standard InChI is InChI=1S/C19H30O2/c1-17(2,21)9-5-11-19(12-13-19)16-8-7-14-15(20)6-4-10-18(14,16)3/h14-16,20-21H,4,6-8,10-13H2,1-3H3/t14?,15-,16?,18-/m0/s1. The van der Waals surface area contributed by atoms with E-state index in [2.05, 4.69) is 18.8 Å². The first-order valence-electron chi connectivity index (χ1n) is 8.67. The van der Waals surface area contributed by atoms with Gasteiger partial charge in [-0.3, -0.25) is 0 Å². The average molecular weight is 290 g/mol. The Balaban J connectivity index is 1.76. The zero-order valence-electron chi connectivity index (χ0n) is 13.8. The summed E-state index contributed by atoms with van der Waals surface area (Å²) in [6.07, 6.45) is 9.35. The zero-order chi connectivity index (χ0) is 15.3. The first-order chi connectivity index (χ1) is 9.77. The molecule has 21 heavy (non-hydrogen) atoms. The third-order valence-electron chi connectivity index (χ3n) is 6.56. The summed E-state index contributed by atoms with van der Waals surface area (Å²) in [7, 11) is 0. The number of aliphatic hydroxyl groups excluding tert-OH is 1. The summed E-state index contributed by atoms with van der Waals surface area (Å²) in [4.78, 5) is 0. The molecule has 0 amide bonds. The van der Waals surface area contributed by atoms with Crippen molar-refractivity contribution in [3.8, 4) is 11.8 Å². The highest BCUT2D eigenvalue weighted by Crippen LogP contribution is 2.68. The van der Waals surface area contributed by atoms with E-state index in [4.69, 9.17) is 0 Å². The second kappa shape index (κ2) is 5.00. The smallest absolute Gasteiger partial charge is 0.119 e. The Bertz CT molecular complexity index is 460. The molecular formula is C19H30O2. The molecule has 0 radical (unpaired) electrons. The Hall–Kier alpha value is -0.520. The third kappa shape index (κ3) is 2.76. The normalized spacial score (nSPS) is 41.1. The summed E-state index contributed by atoms with van der Waals surface area (Å²) < 4.78 is 0. The number of hydrogen-bond acceptors (Lipinski definition) is 2. The van der Waals surface area contributed by atoms with Gasteiger partial charge in [-0.15, -0.1) is 0 Å². The van der Waals surface area contributed by atoms with Gasteiger partial charge in [0.15, 0.2) is 0 Å². The number of aliphatic hydroxyl groups is 2. The quantitative estimate of drug-likeness (QED) is 0.764. The zero-order valence-corrected chi connectivity index (χ0v) is 13.8. The molecule has 0 aromatic carbocycles. The highest BCUT2D eigenvalue weighted by molar-refractivity contribution is 5.18. The van der Waals surface area contributed by atoms with Crippen LogP contribution in [0.4, 0.5) is 0 Å². The van der Waals surface area contributed by atoms with Crippen LogP contribution in [0.3, 0.4) is 0 Å². The van der Waals surface area contributed by atoms with E-state index in [0.29, 0.717) is 16.7 Å². The topological polar surface area (TPSA) is 40.5 Å². The SMILES string of the molecule is CC(C)(O)C#CCC1(C2CCC3[C@@H](O)CCC[C@@]32C)CC1. The Morgan fingerprint density at radius 3 is 2.48 bits per heavy atom. The molecule has 2 N–H and O–H groups in total. The van der Waals surface area contributed by atoms with Gasteiger partial charge in [-0.2, -0.15) is 0 Å². The molecule has 3 rings (SSSR count). The van der Waals surface area contributed by atoms with Crippen molar-refractivity contribution in [2.24, 2.45) is 22.7 Å². The lowest BCUT2D eigenvalue weighted by Gasteiger charge is -2.46. The summed E-state index contributed by atoms with van der Waals surface area (Å²) in [6.45, 7) is 5.94. The van der Waals surface area contributed by atoms with E-state index in [0.717, 1.165) is 18.8 Å². The van der Waals surface area contributed by atoms with Gasteiger partial charge < -0.3 is 10.2 Å². The van der Waals surface area contributed by atoms with Gasteiger partial charge in [0, 0.05) is 6.42 Å². The van der Waals surface area contributed by atoms with Crippen LogP contribution < -0.4 is 0 Å². The minimum absolute atomic E-state index is 0.0768. The molecule has 3 saturated carbocycles. The molecule has 3 aliphatic rings. The minimum Gasteiger partial charge on any atom is -0.393 e. The van der Waals surface area contributed by atoms with Crippen LogP contribution >= 0.6 is 0 Å². The lowest BCUT2D eigenvalue weighted by Crippen LogP contribution is -2.42. The Morgan fingerprint density at radius 2 is 1.86 bits per heavy atom. The maximum Gasteiger partial charge on any atom is 0.119 e. The summed E-state index contributed by atoms with van der Waals surface area (Å²) in [5.41, 5.74) is -0.164. The minimum atomic E-state index is -0.876. The fourth-order valence-electron chi connectivity index (χ4n) is 5.40. The Labute approximate surface area is 129 Å². The van der Waals surface area contributed by atoms with E-state index >= 15 is 0 Å². The largest absolute Gasteiger partial charge is 0.393 e. The summed E-state index contributed by atoms with van der Waals surface area (Å²) in [5.74, 6) is 7.49. The molecule has 2 heteroatoms. The number of hydrogen-bond donors (Lipinski definition) is 2. The molecule has 3 aliphatic carbocycles. The van der Waals surface area contributed by atoms with Gasteiger partial charge in [-0.05, 0) is 75.0 Å². The van der Waals surface area contributed by atoms with Gasteiger partial charge in [-0.1, -0.05) is 25.2 Å². The Morgan fingerprint density at radius 1 is 1.14 bits per heavy atom. The molecule has 2 nitrogen and oxygen atoms in total. The second-order valence-corrected chi connectivity index (χ2v) is 8.60. The van der Waals surface area contributed by atoms with Crippen molar-refractivity contribution in [1.29, 1.82) is 0 Å². The third-order valence-corrected chi connectivity index (χ3v) is 6.56. The fourth-order valence-corrected chi connectivity index (χ4v) is 5.40. The molecule has 0 aromatic heterocycles. The molecule has 0 heterocycles. The van der Waals surface area contributed by atoms with Gasteiger partial charge in [0.2, 0.25) is 0 Å². The molecular weight excluding hydrogens is 260 g/mol. The van der Waals surface area contributed by atoms with E-state index in [-0.39, 0.29) is 6.10 Å². The molecule has 0 spiro atoms. The number of rotatable bonds is 2. The van der Waals surface area contributed by atoms with Crippen LogP contribution in [0.25, 0.3) is 0 Å². The van der Waals surface area contributed by atoms with Crippen molar-refractivity contribution < 1.29 is 10.2 Å². The van der Waals surface area contributed by atoms with Crippen molar-refractivity contribution >= 4 is 0 Å². The molecule has 0 aromatic rings. The van der Waals surface area contributed by atoms with Crippen molar-refractivity contribution in [2.45, 2.75) is 83.8 Å². The van der Waals surface area contributed by atoms with Crippen LogP contribution in [-0.4, -0.2) is 21.9 Å². The lowest BCUT2D eigenvalue weighted by molar-refractivity contribution is -0.0317. The first-order valence-corrected chi connectivity index (χ1v) is 8.67. The van der Waals surface area contributed by atoms with Gasteiger partial charge in [0.05, 0.1) is 6.10 Å². The van der Waals surface area contributed by atoms with Crippen LogP contribution in [0, 0.1) is 34.5 Å². The van der Waals surface area contributed by atoms with E-state index in [1.54, 1.807) is 13.8 Å². The second-order valence-electron chi connectivity index (χ2n) is 8.60. The molecule has 0 saturated heterocycles. The highest BCUT2D eigenvalue weighted by Gasteiger charge is 2.61. The molecule has 0 bridgehead atoms. The van der Waals surface area contributed by atoms with Crippen LogP contribution in [0.2, 0.25) is 0 Å². The summed E-state index contributed by atoms with van der Waals surface area (Å²) >= 11 is 0. The maximum absolute atomic E-state index is 10.4. The van der Waals surface area contributed by atoms with Crippen LogP contribution in [0.1, 0.15) is 72.1 Å². The Kier molecular flexibility index (Phi) is 3.66. The predicted molar refractivity (Wildman–Crippen MR) is 84.5 cm³/mol.